The van der Waals surface area contributed by atoms with E-state index in [4.69, 9.17) is 0 Å². The first-order valence-electron chi connectivity index (χ1n) is 6.41. The Morgan fingerprint density at radius 1 is 1.47 bits per heavy atom. The highest BCUT2D eigenvalue weighted by Crippen LogP contribution is 2.08. The van der Waals surface area contributed by atoms with Crippen LogP contribution in [0.15, 0.2) is 30.3 Å². The molecule has 1 aromatic rings. The molecule has 0 aliphatic carbocycles. The lowest BCUT2D eigenvalue weighted by Crippen LogP contribution is -2.55. The third-order valence-corrected chi connectivity index (χ3v) is 3.24. The Morgan fingerprint density at radius 2 is 2.26 bits per heavy atom. The fourth-order valence-corrected chi connectivity index (χ4v) is 2.12. The van der Waals surface area contributed by atoms with E-state index in [1.165, 1.54) is 6.08 Å². The zero-order chi connectivity index (χ0) is 13.8. The molecule has 100 valence electrons. The quantitative estimate of drug-likeness (QED) is 0.814. The lowest BCUT2D eigenvalue weighted by molar-refractivity contribution is -0.139. The summed E-state index contributed by atoms with van der Waals surface area (Å²) in [6.45, 7) is 4.83. The second-order valence-corrected chi connectivity index (χ2v) is 4.75. The van der Waals surface area contributed by atoms with Gasteiger partial charge in [-0.05, 0) is 25.5 Å². The predicted molar refractivity (Wildman–Crippen MR) is 74.4 cm³/mol. The lowest BCUT2D eigenvalue weighted by Gasteiger charge is -2.31. The smallest absolute Gasteiger partial charge is 0.247 e. The second-order valence-electron chi connectivity index (χ2n) is 4.75. The van der Waals surface area contributed by atoms with Crippen molar-refractivity contribution in [2.24, 2.45) is 0 Å². The van der Waals surface area contributed by atoms with Crippen molar-refractivity contribution in [2.75, 3.05) is 13.1 Å². The van der Waals surface area contributed by atoms with Gasteiger partial charge in [-0.1, -0.05) is 29.8 Å². The summed E-state index contributed by atoms with van der Waals surface area (Å²) in [6.07, 6.45) is 3.32. The maximum Gasteiger partial charge on any atom is 0.247 e. The van der Waals surface area contributed by atoms with E-state index in [2.05, 4.69) is 5.32 Å². The van der Waals surface area contributed by atoms with E-state index in [1.807, 2.05) is 31.2 Å². The van der Waals surface area contributed by atoms with Gasteiger partial charge < -0.3 is 10.2 Å². The summed E-state index contributed by atoms with van der Waals surface area (Å²) in [6, 6.07) is 7.52. The highest BCUT2D eigenvalue weighted by Gasteiger charge is 2.27. The first-order chi connectivity index (χ1) is 9.08. The van der Waals surface area contributed by atoms with Crippen LogP contribution in [0, 0.1) is 6.92 Å². The third-order valence-electron chi connectivity index (χ3n) is 3.24. The van der Waals surface area contributed by atoms with E-state index in [1.54, 1.807) is 17.9 Å². The molecule has 1 saturated heterocycles. The van der Waals surface area contributed by atoms with Gasteiger partial charge in [0.2, 0.25) is 11.8 Å². The van der Waals surface area contributed by atoms with Crippen molar-refractivity contribution in [1.82, 2.24) is 10.2 Å². The third kappa shape index (κ3) is 3.22. The number of carbonyl (C=O) groups is 2. The van der Waals surface area contributed by atoms with E-state index >= 15 is 0 Å². The Balaban J connectivity index is 2.06. The van der Waals surface area contributed by atoms with Crippen LogP contribution in [0.2, 0.25) is 0 Å². The average molecular weight is 258 g/mol. The molecule has 1 aliphatic heterocycles. The highest BCUT2D eigenvalue weighted by molar-refractivity contribution is 5.96. The molecule has 1 aliphatic rings. The van der Waals surface area contributed by atoms with Crippen LogP contribution in [-0.4, -0.2) is 35.8 Å². The Labute approximate surface area is 113 Å². The summed E-state index contributed by atoms with van der Waals surface area (Å²) >= 11 is 0. The summed E-state index contributed by atoms with van der Waals surface area (Å²) in [7, 11) is 0. The second kappa shape index (κ2) is 5.69. The Morgan fingerprint density at radius 3 is 3.00 bits per heavy atom. The van der Waals surface area contributed by atoms with E-state index in [0.717, 1.165) is 11.1 Å². The maximum absolute atomic E-state index is 12.1. The summed E-state index contributed by atoms with van der Waals surface area (Å²) in [5, 5.41) is 2.74. The molecule has 0 aromatic heterocycles. The van der Waals surface area contributed by atoms with Crippen LogP contribution in [0.1, 0.15) is 18.1 Å². The normalized spacial score (nSPS) is 19.6. The molecule has 4 heteroatoms. The number of benzene rings is 1. The Hall–Kier alpha value is -2.10. The minimum atomic E-state index is -0.400. The molecule has 0 radical (unpaired) electrons. The van der Waals surface area contributed by atoms with Crippen molar-refractivity contribution >= 4 is 17.9 Å². The molecule has 1 fully saturated rings. The largest absolute Gasteiger partial charge is 0.353 e. The maximum atomic E-state index is 12.1. The van der Waals surface area contributed by atoms with Gasteiger partial charge in [-0.3, -0.25) is 9.59 Å². The molecule has 1 N–H and O–H groups in total. The molecule has 2 amide bonds. The van der Waals surface area contributed by atoms with Gasteiger partial charge >= 0.3 is 0 Å². The van der Waals surface area contributed by atoms with E-state index in [0.29, 0.717) is 13.1 Å². The molecule has 4 nitrogen and oxygen atoms in total. The van der Waals surface area contributed by atoms with Crippen LogP contribution in [0.4, 0.5) is 0 Å². The molecule has 19 heavy (non-hydrogen) atoms. The van der Waals surface area contributed by atoms with Gasteiger partial charge in [0.15, 0.2) is 0 Å². The van der Waals surface area contributed by atoms with Crippen LogP contribution in [-0.2, 0) is 9.59 Å². The van der Waals surface area contributed by atoms with Gasteiger partial charge in [0.1, 0.15) is 6.04 Å². The van der Waals surface area contributed by atoms with Crippen molar-refractivity contribution in [3.05, 3.63) is 41.5 Å². The first-order valence-corrected chi connectivity index (χ1v) is 6.41. The van der Waals surface area contributed by atoms with Gasteiger partial charge in [0.25, 0.3) is 0 Å². The molecule has 0 saturated carbocycles. The predicted octanol–water partition coefficient (Wildman–Crippen LogP) is 1.36. The number of nitrogens with one attached hydrogen (secondary N) is 1. The number of rotatable bonds is 2. The Kier molecular flexibility index (Phi) is 4.00. The van der Waals surface area contributed by atoms with Crippen LogP contribution in [0.3, 0.4) is 0 Å². The number of hydrogen-bond acceptors (Lipinski definition) is 2. The molecule has 0 spiro atoms. The van der Waals surface area contributed by atoms with E-state index < -0.39 is 6.04 Å². The molecular weight excluding hydrogens is 240 g/mol. The summed E-state index contributed by atoms with van der Waals surface area (Å²) in [4.78, 5) is 25.2. The lowest BCUT2D eigenvalue weighted by atomic mass is 10.1. The highest BCUT2D eigenvalue weighted by atomic mass is 16.2. The first kappa shape index (κ1) is 13.3. The van der Waals surface area contributed by atoms with Crippen molar-refractivity contribution in [3.63, 3.8) is 0 Å². The van der Waals surface area contributed by atoms with E-state index in [-0.39, 0.29) is 11.8 Å². The number of piperazine rings is 1. The van der Waals surface area contributed by atoms with Gasteiger partial charge in [-0.15, -0.1) is 0 Å². The summed E-state index contributed by atoms with van der Waals surface area (Å²) < 4.78 is 0. The molecule has 1 atom stereocenters. The fraction of sp³-hybridized carbons (Fsp3) is 0.333. The van der Waals surface area contributed by atoms with Gasteiger partial charge in [-0.2, -0.15) is 0 Å². The van der Waals surface area contributed by atoms with Crippen LogP contribution in [0.25, 0.3) is 6.08 Å². The number of hydrogen-bond donors (Lipinski definition) is 1. The van der Waals surface area contributed by atoms with Gasteiger partial charge in [0, 0.05) is 19.2 Å². The topological polar surface area (TPSA) is 49.4 Å². The summed E-state index contributed by atoms with van der Waals surface area (Å²) in [5.74, 6) is -0.215. The molecular formula is C15H18N2O2. The zero-order valence-electron chi connectivity index (χ0n) is 11.2. The molecule has 1 heterocycles. The standard InChI is InChI=1S/C15H18N2O2/c1-11-4-3-5-13(10-11)6-7-14(18)17-9-8-16-15(19)12(17)2/h3-7,10,12H,8-9H2,1-2H3,(H,16,19)/b7-6+. The monoisotopic (exact) mass is 258 g/mol. The molecule has 1 aromatic carbocycles. The van der Waals surface area contributed by atoms with Crippen LogP contribution in [0.5, 0.6) is 0 Å². The van der Waals surface area contributed by atoms with Crippen LogP contribution >= 0.6 is 0 Å². The Bertz CT molecular complexity index is 523. The minimum Gasteiger partial charge on any atom is -0.353 e. The molecule has 2 rings (SSSR count). The number of amides is 2. The van der Waals surface area contributed by atoms with Gasteiger partial charge in [-0.25, -0.2) is 0 Å². The SMILES string of the molecule is Cc1cccc(/C=C/C(=O)N2CCNC(=O)C2C)c1. The number of aryl methyl sites for hydroxylation is 1. The van der Waals surface area contributed by atoms with Crippen molar-refractivity contribution in [1.29, 1.82) is 0 Å². The van der Waals surface area contributed by atoms with Crippen molar-refractivity contribution in [2.45, 2.75) is 19.9 Å². The molecule has 0 bridgehead atoms. The van der Waals surface area contributed by atoms with Gasteiger partial charge in [0.05, 0.1) is 0 Å². The number of carbonyl (C=O) groups excluding carboxylic acids is 2. The van der Waals surface area contributed by atoms with E-state index in [9.17, 15) is 9.59 Å². The molecule has 1 unspecified atom stereocenters. The average Bonchev–Trinajstić information content (AvgIpc) is 2.39. The van der Waals surface area contributed by atoms with Crippen molar-refractivity contribution in [3.8, 4) is 0 Å². The number of nitrogens with zero attached hydrogens (tertiary/aromatic N) is 1. The van der Waals surface area contributed by atoms with Crippen LogP contribution < -0.4 is 5.32 Å². The fourth-order valence-electron chi connectivity index (χ4n) is 2.12. The zero-order valence-corrected chi connectivity index (χ0v) is 11.2. The minimum absolute atomic E-state index is 0.0939. The summed E-state index contributed by atoms with van der Waals surface area (Å²) in [5.41, 5.74) is 2.14. The van der Waals surface area contributed by atoms with Crippen molar-refractivity contribution < 1.29 is 9.59 Å².